The van der Waals surface area contributed by atoms with Crippen molar-refractivity contribution < 1.29 is 14.7 Å². The summed E-state index contributed by atoms with van der Waals surface area (Å²) in [6, 6.07) is 3.34. The fourth-order valence-corrected chi connectivity index (χ4v) is 0.875. The van der Waals surface area contributed by atoms with Crippen molar-refractivity contribution >= 4 is 6.21 Å². The van der Waals surface area contributed by atoms with E-state index in [0.717, 1.165) is 0 Å². The van der Waals surface area contributed by atoms with E-state index in [-0.39, 0.29) is 0 Å². The van der Waals surface area contributed by atoms with Crippen LogP contribution in [0.2, 0.25) is 0 Å². The standard InChI is InChI=1S/C8H10N2O3/c1-12-7-4-3-6(5-9-11)10-8(7)13-2/h3-5,11H,1-2H3/b9-5+. The Kier molecular flexibility index (Phi) is 3.08. The molecule has 1 aromatic rings. The Morgan fingerprint density at radius 3 is 2.69 bits per heavy atom. The van der Waals surface area contributed by atoms with E-state index in [1.54, 1.807) is 12.1 Å². The van der Waals surface area contributed by atoms with Crippen molar-refractivity contribution in [3.63, 3.8) is 0 Å². The van der Waals surface area contributed by atoms with Gasteiger partial charge in [-0.15, -0.1) is 0 Å². The molecule has 0 saturated carbocycles. The third-order valence-corrected chi connectivity index (χ3v) is 1.45. The fourth-order valence-electron chi connectivity index (χ4n) is 0.875. The zero-order valence-electron chi connectivity index (χ0n) is 7.39. The summed E-state index contributed by atoms with van der Waals surface area (Å²) in [5.74, 6) is 0.900. The number of nitrogens with zero attached hydrogens (tertiary/aromatic N) is 2. The van der Waals surface area contributed by atoms with E-state index in [4.69, 9.17) is 14.7 Å². The summed E-state index contributed by atoms with van der Waals surface area (Å²) in [5, 5.41) is 11.1. The maximum absolute atomic E-state index is 8.27. The lowest BCUT2D eigenvalue weighted by Gasteiger charge is -2.05. The molecule has 0 aromatic carbocycles. The Bertz CT molecular complexity index is 312. The average molecular weight is 182 g/mol. The monoisotopic (exact) mass is 182 g/mol. The molecular weight excluding hydrogens is 172 g/mol. The molecule has 0 aliphatic carbocycles. The lowest BCUT2D eigenvalue weighted by Crippen LogP contribution is -1.96. The summed E-state index contributed by atoms with van der Waals surface area (Å²) >= 11 is 0. The molecule has 0 bridgehead atoms. The van der Waals surface area contributed by atoms with E-state index in [9.17, 15) is 0 Å². The Morgan fingerprint density at radius 2 is 2.15 bits per heavy atom. The van der Waals surface area contributed by atoms with Crippen LogP contribution in [-0.2, 0) is 0 Å². The zero-order valence-corrected chi connectivity index (χ0v) is 7.39. The molecule has 0 atom stereocenters. The molecule has 13 heavy (non-hydrogen) atoms. The van der Waals surface area contributed by atoms with Gasteiger partial charge in [-0.3, -0.25) is 0 Å². The number of ether oxygens (including phenoxy) is 2. The van der Waals surface area contributed by atoms with E-state index < -0.39 is 0 Å². The van der Waals surface area contributed by atoms with Crippen molar-refractivity contribution in [1.29, 1.82) is 0 Å². The predicted octanol–water partition coefficient (Wildman–Crippen LogP) is 0.907. The number of aromatic nitrogens is 1. The second kappa shape index (κ2) is 4.30. The first-order valence-electron chi connectivity index (χ1n) is 3.58. The normalized spacial score (nSPS) is 10.3. The summed E-state index contributed by atoms with van der Waals surface area (Å²) in [6.07, 6.45) is 1.21. The van der Waals surface area contributed by atoms with E-state index in [1.807, 2.05) is 0 Å². The van der Waals surface area contributed by atoms with Crippen LogP contribution < -0.4 is 9.47 Å². The molecule has 0 spiro atoms. The van der Waals surface area contributed by atoms with Crippen molar-refractivity contribution in [2.75, 3.05) is 14.2 Å². The third kappa shape index (κ3) is 2.08. The highest BCUT2D eigenvalue weighted by Crippen LogP contribution is 2.23. The Morgan fingerprint density at radius 1 is 1.38 bits per heavy atom. The predicted molar refractivity (Wildman–Crippen MR) is 46.7 cm³/mol. The van der Waals surface area contributed by atoms with Crippen LogP contribution in [0.1, 0.15) is 5.69 Å². The Hall–Kier alpha value is -1.78. The van der Waals surface area contributed by atoms with Gasteiger partial charge >= 0.3 is 0 Å². The molecule has 70 valence electrons. The fraction of sp³-hybridized carbons (Fsp3) is 0.250. The molecule has 0 saturated heterocycles. The third-order valence-electron chi connectivity index (χ3n) is 1.45. The lowest BCUT2D eigenvalue weighted by molar-refractivity contribution is 0.321. The molecule has 5 heteroatoms. The van der Waals surface area contributed by atoms with Gasteiger partial charge in [-0.05, 0) is 12.1 Å². The quantitative estimate of drug-likeness (QED) is 0.428. The van der Waals surface area contributed by atoms with Gasteiger partial charge in [0.25, 0.3) is 5.88 Å². The van der Waals surface area contributed by atoms with Crippen LogP contribution in [0.4, 0.5) is 0 Å². The molecule has 1 heterocycles. The second-order valence-electron chi connectivity index (χ2n) is 2.19. The summed E-state index contributed by atoms with van der Waals surface area (Å²) in [6.45, 7) is 0. The molecule has 1 aromatic heterocycles. The van der Waals surface area contributed by atoms with Gasteiger partial charge in [0.1, 0.15) is 0 Å². The summed E-state index contributed by atoms with van der Waals surface area (Å²) in [7, 11) is 3.02. The van der Waals surface area contributed by atoms with Gasteiger partial charge < -0.3 is 14.7 Å². The highest BCUT2D eigenvalue weighted by molar-refractivity contribution is 5.76. The van der Waals surface area contributed by atoms with Crippen LogP contribution >= 0.6 is 0 Å². The van der Waals surface area contributed by atoms with Gasteiger partial charge in [-0.1, -0.05) is 5.16 Å². The maximum atomic E-state index is 8.27. The minimum Gasteiger partial charge on any atom is -0.491 e. The van der Waals surface area contributed by atoms with E-state index >= 15 is 0 Å². The molecule has 0 fully saturated rings. The van der Waals surface area contributed by atoms with E-state index in [0.29, 0.717) is 17.3 Å². The molecule has 0 unspecified atom stereocenters. The van der Waals surface area contributed by atoms with Gasteiger partial charge in [0.2, 0.25) is 0 Å². The smallest absolute Gasteiger partial charge is 0.257 e. The van der Waals surface area contributed by atoms with E-state index in [1.165, 1.54) is 20.4 Å². The second-order valence-corrected chi connectivity index (χ2v) is 2.19. The molecule has 5 nitrogen and oxygen atoms in total. The number of pyridine rings is 1. The highest BCUT2D eigenvalue weighted by atomic mass is 16.5. The van der Waals surface area contributed by atoms with Gasteiger partial charge in [0.15, 0.2) is 5.75 Å². The molecule has 0 aliphatic rings. The Balaban J connectivity index is 3.05. The average Bonchev–Trinajstić information content (AvgIpc) is 2.18. The number of hydrogen-bond donors (Lipinski definition) is 1. The number of hydrogen-bond acceptors (Lipinski definition) is 5. The number of oxime groups is 1. The first-order chi connectivity index (χ1) is 6.31. The molecule has 1 rings (SSSR count). The van der Waals surface area contributed by atoms with Crippen molar-refractivity contribution in [2.24, 2.45) is 5.16 Å². The maximum Gasteiger partial charge on any atom is 0.257 e. The van der Waals surface area contributed by atoms with Crippen LogP contribution in [0.5, 0.6) is 11.6 Å². The van der Waals surface area contributed by atoms with E-state index in [2.05, 4.69) is 10.1 Å². The lowest BCUT2D eigenvalue weighted by atomic mass is 10.3. The topological polar surface area (TPSA) is 63.9 Å². The van der Waals surface area contributed by atoms with Crippen molar-refractivity contribution in [3.05, 3.63) is 17.8 Å². The van der Waals surface area contributed by atoms with Crippen LogP contribution in [0, 0.1) is 0 Å². The van der Waals surface area contributed by atoms with Crippen LogP contribution in [0.15, 0.2) is 17.3 Å². The number of methoxy groups -OCH3 is 2. The minimum absolute atomic E-state index is 0.361. The van der Waals surface area contributed by atoms with Gasteiger partial charge in [-0.2, -0.15) is 0 Å². The zero-order chi connectivity index (χ0) is 9.68. The summed E-state index contributed by atoms with van der Waals surface area (Å²) < 4.78 is 9.92. The minimum atomic E-state index is 0.361. The van der Waals surface area contributed by atoms with Crippen LogP contribution in [0.25, 0.3) is 0 Å². The SMILES string of the molecule is COc1ccc(/C=N/O)nc1OC. The van der Waals surface area contributed by atoms with Gasteiger partial charge in [-0.25, -0.2) is 4.98 Å². The molecular formula is C8H10N2O3. The summed E-state index contributed by atoms with van der Waals surface area (Å²) in [5.41, 5.74) is 0.500. The van der Waals surface area contributed by atoms with Gasteiger partial charge in [0, 0.05) is 0 Å². The molecule has 1 N–H and O–H groups in total. The van der Waals surface area contributed by atoms with Crippen molar-refractivity contribution in [3.8, 4) is 11.6 Å². The molecule has 0 amide bonds. The molecule has 0 aliphatic heterocycles. The Labute approximate surface area is 75.6 Å². The first kappa shape index (κ1) is 9.31. The molecule has 0 radical (unpaired) electrons. The van der Waals surface area contributed by atoms with Crippen molar-refractivity contribution in [2.45, 2.75) is 0 Å². The largest absolute Gasteiger partial charge is 0.491 e. The van der Waals surface area contributed by atoms with Crippen LogP contribution in [0.3, 0.4) is 0 Å². The number of rotatable bonds is 3. The van der Waals surface area contributed by atoms with Gasteiger partial charge in [0.05, 0.1) is 26.1 Å². The highest BCUT2D eigenvalue weighted by Gasteiger charge is 2.04. The first-order valence-corrected chi connectivity index (χ1v) is 3.58. The summed E-state index contributed by atoms with van der Waals surface area (Å²) in [4.78, 5) is 4.00. The van der Waals surface area contributed by atoms with Crippen molar-refractivity contribution in [1.82, 2.24) is 4.98 Å². The van der Waals surface area contributed by atoms with Crippen LogP contribution in [-0.4, -0.2) is 30.6 Å².